The van der Waals surface area contributed by atoms with Gasteiger partial charge in [-0.15, -0.1) is 0 Å². The number of nitrogens with one attached hydrogen (secondary N) is 3. The third-order valence-electron chi connectivity index (χ3n) is 22.7. The lowest BCUT2D eigenvalue weighted by molar-refractivity contribution is -0.113. The average Bonchev–Trinajstić information content (AvgIpc) is 0.942. The highest BCUT2D eigenvalue weighted by Crippen LogP contribution is 2.51. The molecule has 14 heteroatoms. The molecule has 8 fully saturated rings. The van der Waals surface area contributed by atoms with Crippen molar-refractivity contribution in [3.63, 3.8) is 0 Å². The Labute approximate surface area is 510 Å². The summed E-state index contributed by atoms with van der Waals surface area (Å²) in [6.45, 7) is 11.2. The van der Waals surface area contributed by atoms with Crippen molar-refractivity contribution in [3.8, 4) is 0 Å². The van der Waals surface area contributed by atoms with E-state index in [1.54, 1.807) is 0 Å². The molecule has 0 radical (unpaired) electrons. The van der Waals surface area contributed by atoms with Crippen molar-refractivity contribution in [3.05, 3.63) is 126 Å². The number of aromatic nitrogens is 4. The number of rotatable bonds is 6. The predicted octanol–water partition coefficient (Wildman–Crippen LogP) is 14.0. The van der Waals surface area contributed by atoms with Gasteiger partial charge in [-0.25, -0.2) is 0 Å². The van der Waals surface area contributed by atoms with Crippen molar-refractivity contribution in [1.29, 1.82) is 0 Å². The van der Waals surface area contributed by atoms with Crippen molar-refractivity contribution in [1.82, 2.24) is 33.8 Å². The molecule has 5 aromatic rings. The molecular formula is C72H101N9O5. The Morgan fingerprint density at radius 1 is 0.430 bits per heavy atom. The van der Waals surface area contributed by atoms with Crippen molar-refractivity contribution in [2.45, 2.75) is 285 Å². The minimum absolute atomic E-state index is 0.0638. The molecule has 3 saturated carbocycles. The Kier molecular flexibility index (Phi) is 19.1. The molecule has 6 atom stereocenters. The lowest BCUT2D eigenvalue weighted by Gasteiger charge is -2.59. The van der Waals surface area contributed by atoms with Gasteiger partial charge in [-0.05, 0) is 153 Å². The van der Waals surface area contributed by atoms with Crippen LogP contribution in [0.4, 0.5) is 11.4 Å². The number of H-pyrrole nitrogens is 2. The molecule has 9 aliphatic rings. The first-order chi connectivity index (χ1) is 41.9. The summed E-state index contributed by atoms with van der Waals surface area (Å²) in [6.07, 6.45) is 42.3. The number of nitrogens with zero attached hydrogens (tertiary/aromatic N) is 6. The van der Waals surface area contributed by atoms with Crippen LogP contribution >= 0.6 is 0 Å². The quantitative estimate of drug-likeness (QED) is 0.111. The Morgan fingerprint density at radius 2 is 0.826 bits per heavy atom. The summed E-state index contributed by atoms with van der Waals surface area (Å²) in [4.78, 5) is 79.3. The van der Waals surface area contributed by atoms with Crippen LogP contribution in [0.15, 0.2) is 104 Å². The minimum atomic E-state index is -0.494. The SMILES string of the molecule is C=C1C(=O)Nc2ccccc2N1C1CCN(C2CCCCCCC2)CC1.C[C@@]12CCC[C@@H](C[C@@H](n3c(=O)c(=O)[nH]c4ccccc43)C1)N2C1CCCCCCC1.C[C@@]12CCC[C@@H](C[C@H](n3c(=O)c(=O)[nH]c4ccccc43)C1)N2C1CCCCCCC1. The largest absolute Gasteiger partial charge is 0.333 e. The maximum absolute atomic E-state index is 13.0. The Morgan fingerprint density at radius 3 is 1.28 bits per heavy atom. The Hall–Kier alpha value is -5.57. The van der Waals surface area contributed by atoms with Gasteiger partial charge in [0.25, 0.3) is 5.91 Å². The van der Waals surface area contributed by atoms with Crippen LogP contribution in [-0.2, 0) is 4.79 Å². The number of anilines is 2. The van der Waals surface area contributed by atoms with E-state index in [2.05, 4.69) is 61.4 Å². The molecule has 3 aromatic carbocycles. The molecule has 464 valence electrons. The topological polar surface area (TPSA) is 152 Å². The predicted molar refractivity (Wildman–Crippen MR) is 350 cm³/mol. The van der Waals surface area contributed by atoms with Gasteiger partial charge in [-0.3, -0.25) is 42.9 Å². The monoisotopic (exact) mass is 1170 g/mol. The first kappa shape index (κ1) is 60.7. The zero-order valence-electron chi connectivity index (χ0n) is 52.2. The molecule has 14 rings (SSSR count). The van der Waals surface area contributed by atoms with E-state index < -0.39 is 11.1 Å². The molecule has 0 spiro atoms. The smallest absolute Gasteiger partial charge is 0.316 e. The van der Waals surface area contributed by atoms with Gasteiger partial charge in [0, 0.05) is 72.5 Å². The summed E-state index contributed by atoms with van der Waals surface area (Å²) in [7, 11) is 0. The van der Waals surface area contributed by atoms with Gasteiger partial charge >= 0.3 is 22.2 Å². The summed E-state index contributed by atoms with van der Waals surface area (Å²) < 4.78 is 3.67. The van der Waals surface area contributed by atoms with Crippen LogP contribution in [0.25, 0.3) is 22.1 Å². The highest BCUT2D eigenvalue weighted by Gasteiger charge is 2.51. The molecule has 86 heavy (non-hydrogen) atoms. The highest BCUT2D eigenvalue weighted by atomic mass is 16.2. The number of para-hydroxylation sites is 6. The van der Waals surface area contributed by atoms with Crippen LogP contribution in [0.1, 0.15) is 238 Å². The van der Waals surface area contributed by atoms with Crippen molar-refractivity contribution in [2.75, 3.05) is 23.3 Å². The number of hydrogen-bond acceptors (Lipinski definition) is 9. The maximum atomic E-state index is 13.0. The second-order valence-corrected chi connectivity index (χ2v) is 28.4. The number of carbonyl (C=O) groups is 1. The number of piperidine rings is 5. The number of carbonyl (C=O) groups excluding carboxylic acids is 1. The number of benzene rings is 3. The van der Waals surface area contributed by atoms with Gasteiger partial charge in [0.05, 0.1) is 33.4 Å². The van der Waals surface area contributed by atoms with Crippen LogP contribution in [0.5, 0.6) is 0 Å². The standard InChI is InChI=1S/2C25H35N3O2.C22H31N3O/c2*1-25-15-9-12-19(28(25)18-10-5-3-2-4-6-11-18)16-20(17-25)27-22-14-8-7-13-21(22)26-23(29)24(27)30;1-17-22(26)23-20-11-7-8-12-21(20)25(17)19-13-15-24(16-14-19)18-9-5-3-2-4-6-10-18/h2*7-8,13-14,18-20H,2-6,9-12,15-17H2,1H3,(H,26,29);7-8,11-12,18-19H,1-6,9-10,13-16H2,(H,23,26)/t19-,20+,25+;19-,20-,25+;/m00./s1. The van der Waals surface area contributed by atoms with E-state index in [4.69, 9.17) is 0 Å². The van der Waals surface area contributed by atoms with Gasteiger partial charge in [0.2, 0.25) is 0 Å². The molecule has 1 amide bonds. The Bertz CT molecular complexity index is 3220. The van der Waals surface area contributed by atoms with Crippen molar-refractivity contribution < 1.29 is 4.79 Å². The van der Waals surface area contributed by atoms with Crippen LogP contribution in [0.2, 0.25) is 0 Å². The summed E-state index contributed by atoms with van der Waals surface area (Å²) in [5.74, 6) is -0.0638. The molecule has 6 aliphatic heterocycles. The normalized spacial score (nSPS) is 29.1. The van der Waals surface area contributed by atoms with Crippen LogP contribution in [-0.4, -0.2) is 100 Å². The highest BCUT2D eigenvalue weighted by molar-refractivity contribution is 6.11. The zero-order valence-corrected chi connectivity index (χ0v) is 52.2. The first-order valence-corrected chi connectivity index (χ1v) is 34.5. The summed E-state index contributed by atoms with van der Waals surface area (Å²) in [5, 5.41) is 2.96. The lowest BCUT2D eigenvalue weighted by atomic mass is 9.71. The fraction of sp³-hybridized carbons (Fsp3) is 0.653. The average molecular weight is 1170 g/mol. The second kappa shape index (κ2) is 27.0. The molecule has 14 nitrogen and oxygen atoms in total. The molecule has 2 aromatic heterocycles. The third-order valence-corrected chi connectivity index (χ3v) is 22.7. The van der Waals surface area contributed by atoms with E-state index in [0.29, 0.717) is 35.9 Å². The third kappa shape index (κ3) is 12.8. The van der Waals surface area contributed by atoms with Crippen LogP contribution < -0.4 is 32.5 Å². The van der Waals surface area contributed by atoms with E-state index in [-0.39, 0.29) is 40.2 Å². The van der Waals surface area contributed by atoms with Gasteiger partial charge in [0.1, 0.15) is 5.70 Å². The van der Waals surface area contributed by atoms with Crippen molar-refractivity contribution in [2.24, 2.45) is 0 Å². The molecule has 5 saturated heterocycles. The van der Waals surface area contributed by atoms with Crippen LogP contribution in [0, 0.1) is 0 Å². The van der Waals surface area contributed by atoms with E-state index in [9.17, 15) is 24.0 Å². The van der Waals surface area contributed by atoms with E-state index >= 15 is 0 Å². The summed E-state index contributed by atoms with van der Waals surface area (Å²) in [5.41, 5.74) is 4.35. The molecule has 3 N–H and O–H groups in total. The zero-order chi connectivity index (χ0) is 59.4. The fourth-order valence-corrected chi connectivity index (χ4v) is 18.9. The van der Waals surface area contributed by atoms with Gasteiger partial charge in [-0.2, -0.15) is 0 Å². The molecular weight excluding hydrogens is 1070 g/mol. The van der Waals surface area contributed by atoms with Gasteiger partial charge in [-0.1, -0.05) is 152 Å². The molecule has 4 bridgehead atoms. The number of aromatic amines is 2. The number of hydrogen-bond donors (Lipinski definition) is 3. The van der Waals surface area contributed by atoms with E-state index in [1.807, 2.05) is 75.9 Å². The maximum Gasteiger partial charge on any atom is 0.316 e. The number of amides is 1. The molecule has 8 heterocycles. The molecule has 0 unspecified atom stereocenters. The minimum Gasteiger partial charge on any atom is -0.333 e. The summed E-state index contributed by atoms with van der Waals surface area (Å²) >= 11 is 0. The van der Waals surface area contributed by atoms with E-state index in [1.165, 1.54) is 173 Å². The lowest BCUT2D eigenvalue weighted by Crippen LogP contribution is -2.63. The Balaban J connectivity index is 0.000000127. The fourth-order valence-electron chi connectivity index (χ4n) is 18.9. The van der Waals surface area contributed by atoms with Gasteiger partial charge in [0.15, 0.2) is 0 Å². The molecule has 3 aliphatic carbocycles. The summed E-state index contributed by atoms with van der Waals surface area (Å²) in [6, 6.07) is 27.4. The van der Waals surface area contributed by atoms with Gasteiger partial charge < -0.3 is 25.1 Å². The number of likely N-dealkylation sites (tertiary alicyclic amines) is 1. The van der Waals surface area contributed by atoms with E-state index in [0.717, 1.165) is 91.1 Å². The number of fused-ring (bicyclic) bond motifs is 7. The van der Waals surface area contributed by atoms with Crippen molar-refractivity contribution >= 4 is 39.3 Å². The first-order valence-electron chi connectivity index (χ1n) is 34.5. The second-order valence-electron chi connectivity index (χ2n) is 28.4. The van der Waals surface area contributed by atoms with Crippen LogP contribution in [0.3, 0.4) is 0 Å².